The third-order valence-corrected chi connectivity index (χ3v) is 6.25. The Morgan fingerprint density at radius 3 is 2.39 bits per heavy atom. The van der Waals surface area contributed by atoms with Crippen LogP contribution in [-0.2, 0) is 0 Å². The SMILES string of the molecule is Cc1cc(C(=O)N(CCC#N)C23CC4CC(CC(C4)C2)C3)co1. The summed E-state index contributed by atoms with van der Waals surface area (Å²) in [7, 11) is 0. The lowest BCUT2D eigenvalue weighted by Crippen LogP contribution is -2.61. The predicted octanol–water partition coefficient (Wildman–Crippen LogP) is 3.91. The van der Waals surface area contributed by atoms with Crippen LogP contribution < -0.4 is 0 Å². The first-order chi connectivity index (χ1) is 11.1. The van der Waals surface area contributed by atoms with E-state index in [4.69, 9.17) is 9.68 Å². The minimum absolute atomic E-state index is 0.00609. The second-order valence-corrected chi connectivity index (χ2v) is 7.95. The lowest BCUT2D eigenvalue weighted by Gasteiger charge is -2.60. The van der Waals surface area contributed by atoms with Crippen molar-refractivity contribution in [3.05, 3.63) is 23.7 Å². The van der Waals surface area contributed by atoms with Crippen molar-refractivity contribution in [2.24, 2.45) is 17.8 Å². The molecule has 0 N–H and O–H groups in total. The number of hydrogen-bond donors (Lipinski definition) is 0. The predicted molar refractivity (Wildman–Crippen MR) is 85.6 cm³/mol. The molecule has 4 aliphatic carbocycles. The molecule has 122 valence electrons. The number of amides is 1. The molecule has 0 aliphatic heterocycles. The Bertz CT molecular complexity index is 619. The molecule has 1 aromatic heterocycles. The molecular formula is C19H24N2O2. The molecule has 1 heterocycles. The minimum Gasteiger partial charge on any atom is -0.469 e. The smallest absolute Gasteiger partial charge is 0.257 e. The zero-order valence-electron chi connectivity index (χ0n) is 13.8. The molecule has 0 atom stereocenters. The van der Waals surface area contributed by atoms with Crippen LogP contribution in [-0.4, -0.2) is 22.9 Å². The maximum atomic E-state index is 13.1. The molecule has 0 unspecified atom stereocenters. The van der Waals surface area contributed by atoms with Crippen LogP contribution in [0, 0.1) is 36.0 Å². The highest BCUT2D eigenvalue weighted by Crippen LogP contribution is 2.58. The molecule has 4 saturated carbocycles. The summed E-state index contributed by atoms with van der Waals surface area (Å²) in [6, 6.07) is 4.05. The van der Waals surface area contributed by atoms with Crippen molar-refractivity contribution in [2.75, 3.05) is 6.54 Å². The first kappa shape index (κ1) is 14.8. The van der Waals surface area contributed by atoms with Crippen LogP contribution >= 0.6 is 0 Å². The molecule has 4 fully saturated rings. The number of rotatable bonds is 4. The van der Waals surface area contributed by atoms with Gasteiger partial charge >= 0.3 is 0 Å². The van der Waals surface area contributed by atoms with E-state index >= 15 is 0 Å². The van der Waals surface area contributed by atoms with Gasteiger partial charge in [-0.3, -0.25) is 4.79 Å². The van der Waals surface area contributed by atoms with E-state index in [1.807, 2.05) is 17.9 Å². The minimum atomic E-state index is -0.00609. The van der Waals surface area contributed by atoms with Crippen LogP contribution in [0.15, 0.2) is 16.7 Å². The number of hydrogen-bond acceptors (Lipinski definition) is 3. The van der Waals surface area contributed by atoms with E-state index < -0.39 is 0 Å². The lowest BCUT2D eigenvalue weighted by atomic mass is 9.52. The van der Waals surface area contributed by atoms with Gasteiger partial charge in [-0.2, -0.15) is 5.26 Å². The Hall–Kier alpha value is -1.76. The lowest BCUT2D eigenvalue weighted by molar-refractivity contribution is -0.0740. The molecule has 0 radical (unpaired) electrons. The number of carbonyl (C=O) groups excluding carboxylic acids is 1. The summed E-state index contributed by atoms with van der Waals surface area (Å²) in [5, 5.41) is 9.05. The molecule has 4 nitrogen and oxygen atoms in total. The van der Waals surface area contributed by atoms with Gasteiger partial charge in [0.05, 0.1) is 18.1 Å². The maximum Gasteiger partial charge on any atom is 0.257 e. The van der Waals surface area contributed by atoms with Crippen molar-refractivity contribution in [1.29, 1.82) is 5.26 Å². The van der Waals surface area contributed by atoms with Crippen molar-refractivity contribution >= 4 is 5.91 Å². The summed E-state index contributed by atoms with van der Waals surface area (Å²) < 4.78 is 5.35. The number of nitrogens with zero attached hydrogens (tertiary/aromatic N) is 2. The van der Waals surface area contributed by atoms with Gasteiger partial charge in [-0.1, -0.05) is 0 Å². The normalized spacial score (nSPS) is 34.3. The molecule has 5 rings (SSSR count). The zero-order chi connectivity index (χ0) is 16.0. The zero-order valence-corrected chi connectivity index (χ0v) is 13.8. The van der Waals surface area contributed by atoms with E-state index in [0.29, 0.717) is 18.5 Å². The standard InChI is InChI=1S/C19H24N2O2/c1-13-5-17(12-23-13)18(22)21(4-2-3-20)19-9-14-6-15(10-19)8-16(7-14)11-19/h5,12,14-16H,2,4,6-11H2,1H3. The summed E-state index contributed by atoms with van der Waals surface area (Å²) in [6.07, 6.45) is 9.42. The van der Waals surface area contributed by atoms with Gasteiger partial charge in [0.2, 0.25) is 0 Å². The molecule has 4 bridgehead atoms. The number of furan rings is 1. The van der Waals surface area contributed by atoms with Gasteiger partial charge in [0, 0.05) is 12.1 Å². The average molecular weight is 312 g/mol. The fraction of sp³-hybridized carbons (Fsp3) is 0.684. The van der Waals surface area contributed by atoms with Crippen molar-refractivity contribution in [1.82, 2.24) is 4.90 Å². The molecule has 4 aliphatic rings. The van der Waals surface area contributed by atoms with Crippen LogP contribution in [0.2, 0.25) is 0 Å². The highest BCUT2D eigenvalue weighted by Gasteiger charge is 2.54. The Morgan fingerprint density at radius 1 is 1.30 bits per heavy atom. The third-order valence-electron chi connectivity index (χ3n) is 6.25. The third kappa shape index (κ3) is 2.47. The monoisotopic (exact) mass is 312 g/mol. The van der Waals surface area contributed by atoms with Gasteiger partial charge in [0.1, 0.15) is 12.0 Å². The summed E-state index contributed by atoms with van der Waals surface area (Å²) in [5.74, 6) is 3.16. The number of carbonyl (C=O) groups is 1. The van der Waals surface area contributed by atoms with E-state index in [1.165, 1.54) is 19.3 Å². The topological polar surface area (TPSA) is 57.2 Å². The van der Waals surface area contributed by atoms with Crippen molar-refractivity contribution in [3.8, 4) is 6.07 Å². The van der Waals surface area contributed by atoms with Crippen LogP contribution in [0.5, 0.6) is 0 Å². The Labute approximate surface area is 137 Å². The molecule has 0 saturated heterocycles. The van der Waals surface area contributed by atoms with E-state index in [2.05, 4.69) is 6.07 Å². The fourth-order valence-electron chi connectivity index (χ4n) is 5.82. The molecule has 0 spiro atoms. The van der Waals surface area contributed by atoms with Gasteiger partial charge < -0.3 is 9.32 Å². The second kappa shape index (κ2) is 5.40. The maximum absolute atomic E-state index is 13.1. The highest BCUT2D eigenvalue weighted by molar-refractivity contribution is 5.94. The van der Waals surface area contributed by atoms with Gasteiger partial charge in [-0.05, 0) is 69.3 Å². The summed E-state index contributed by atoms with van der Waals surface area (Å²) in [5.41, 5.74) is 0.629. The summed E-state index contributed by atoms with van der Waals surface area (Å²) >= 11 is 0. The number of nitriles is 1. The van der Waals surface area contributed by atoms with Crippen molar-refractivity contribution in [2.45, 2.75) is 57.4 Å². The molecule has 0 aromatic carbocycles. The number of aryl methyl sites for hydroxylation is 1. The second-order valence-electron chi connectivity index (χ2n) is 7.95. The van der Waals surface area contributed by atoms with Crippen LogP contribution in [0.25, 0.3) is 0 Å². The highest BCUT2D eigenvalue weighted by atomic mass is 16.3. The fourth-order valence-corrected chi connectivity index (χ4v) is 5.82. The first-order valence-electron chi connectivity index (χ1n) is 8.84. The van der Waals surface area contributed by atoms with Crippen molar-refractivity contribution < 1.29 is 9.21 Å². The largest absolute Gasteiger partial charge is 0.469 e. The summed E-state index contributed by atoms with van der Waals surface area (Å²) in [6.45, 7) is 2.41. The van der Waals surface area contributed by atoms with Crippen molar-refractivity contribution in [3.63, 3.8) is 0 Å². The van der Waals surface area contributed by atoms with Crippen LogP contribution in [0.3, 0.4) is 0 Å². The first-order valence-corrected chi connectivity index (χ1v) is 8.84. The van der Waals surface area contributed by atoms with Gasteiger partial charge in [0.15, 0.2) is 0 Å². The molecule has 1 aromatic rings. The van der Waals surface area contributed by atoms with Gasteiger partial charge in [0.25, 0.3) is 5.91 Å². The quantitative estimate of drug-likeness (QED) is 0.847. The van der Waals surface area contributed by atoms with Crippen LogP contribution in [0.4, 0.5) is 0 Å². The van der Waals surface area contributed by atoms with E-state index in [0.717, 1.165) is 42.8 Å². The van der Waals surface area contributed by atoms with Crippen LogP contribution in [0.1, 0.15) is 61.1 Å². The van der Waals surface area contributed by atoms with E-state index in [-0.39, 0.29) is 11.4 Å². The molecule has 1 amide bonds. The molecular weight excluding hydrogens is 288 g/mol. The summed E-state index contributed by atoms with van der Waals surface area (Å²) in [4.78, 5) is 15.2. The Morgan fingerprint density at radius 2 is 1.91 bits per heavy atom. The van der Waals surface area contributed by atoms with E-state index in [9.17, 15) is 4.79 Å². The molecule has 4 heteroatoms. The Kier molecular flexibility index (Phi) is 3.48. The Balaban J connectivity index is 1.65. The van der Waals surface area contributed by atoms with Gasteiger partial charge in [-0.25, -0.2) is 0 Å². The van der Waals surface area contributed by atoms with Gasteiger partial charge in [-0.15, -0.1) is 0 Å². The molecule has 23 heavy (non-hydrogen) atoms. The average Bonchev–Trinajstić information content (AvgIpc) is 2.92. The van der Waals surface area contributed by atoms with E-state index in [1.54, 1.807) is 6.26 Å².